The highest BCUT2D eigenvalue weighted by Crippen LogP contribution is 2.40. The van der Waals surface area contributed by atoms with Gasteiger partial charge in [0.25, 0.3) is 5.91 Å². The zero-order valence-electron chi connectivity index (χ0n) is 22.5. The summed E-state index contributed by atoms with van der Waals surface area (Å²) in [5.41, 5.74) is 0.694. The molecular formula is C30H32Cl2FN3O4. The van der Waals surface area contributed by atoms with Crippen molar-refractivity contribution >= 4 is 35.1 Å². The Labute approximate surface area is 243 Å². The Balaban J connectivity index is 1.79. The molecule has 40 heavy (non-hydrogen) atoms. The van der Waals surface area contributed by atoms with Crippen molar-refractivity contribution in [1.82, 2.24) is 15.2 Å². The Morgan fingerprint density at radius 3 is 2.40 bits per heavy atom. The number of aliphatic carboxylic acids is 1. The largest absolute Gasteiger partial charge is 0.493 e. The van der Waals surface area contributed by atoms with E-state index in [9.17, 15) is 19.1 Å². The van der Waals surface area contributed by atoms with Crippen LogP contribution < -0.4 is 10.1 Å². The highest BCUT2D eigenvalue weighted by molar-refractivity contribution is 6.33. The fourth-order valence-electron chi connectivity index (χ4n) is 4.92. The number of hydrogen-bond acceptors (Lipinski definition) is 5. The number of amides is 1. The Morgan fingerprint density at radius 1 is 1.02 bits per heavy atom. The quantitative estimate of drug-likeness (QED) is 0.256. The lowest BCUT2D eigenvalue weighted by atomic mass is 9.81. The molecule has 2 aromatic carbocycles. The number of nitrogens with one attached hydrogen (secondary N) is 1. The van der Waals surface area contributed by atoms with Crippen molar-refractivity contribution in [2.24, 2.45) is 0 Å². The Kier molecular flexibility index (Phi) is 9.66. The van der Waals surface area contributed by atoms with Crippen LogP contribution in [0.4, 0.5) is 4.39 Å². The number of rotatable bonds is 10. The van der Waals surface area contributed by atoms with Crippen molar-refractivity contribution in [2.45, 2.75) is 44.1 Å². The number of carbonyl (C=O) groups is 2. The predicted octanol–water partition coefficient (Wildman–Crippen LogP) is 6.71. The number of hydrogen-bond donors (Lipinski definition) is 2. The maximum Gasteiger partial charge on any atom is 0.329 e. The molecule has 1 aliphatic rings. The van der Waals surface area contributed by atoms with Gasteiger partial charge in [-0.05, 0) is 81.9 Å². The smallest absolute Gasteiger partial charge is 0.329 e. The van der Waals surface area contributed by atoms with E-state index in [4.69, 9.17) is 32.9 Å². The maximum atomic E-state index is 13.9. The van der Waals surface area contributed by atoms with E-state index < -0.39 is 23.2 Å². The van der Waals surface area contributed by atoms with E-state index in [1.807, 2.05) is 14.1 Å². The molecule has 1 aromatic heterocycles. The molecule has 4 rings (SSSR count). The molecule has 0 bridgehead atoms. The van der Waals surface area contributed by atoms with Gasteiger partial charge in [-0.25, -0.2) is 14.2 Å². The normalized spacial score (nSPS) is 14.7. The molecular weight excluding hydrogens is 556 g/mol. The zero-order chi connectivity index (χ0) is 28.9. The third kappa shape index (κ3) is 6.92. The van der Waals surface area contributed by atoms with Gasteiger partial charge >= 0.3 is 5.97 Å². The van der Waals surface area contributed by atoms with E-state index >= 15 is 0 Å². The number of pyridine rings is 1. The van der Waals surface area contributed by atoms with Gasteiger partial charge in [-0.1, -0.05) is 42.5 Å². The van der Waals surface area contributed by atoms with Crippen LogP contribution in [0.3, 0.4) is 0 Å². The van der Waals surface area contributed by atoms with Crippen molar-refractivity contribution in [2.75, 3.05) is 27.2 Å². The second-order valence-corrected chi connectivity index (χ2v) is 11.1. The summed E-state index contributed by atoms with van der Waals surface area (Å²) in [4.78, 5) is 32.3. The summed E-state index contributed by atoms with van der Waals surface area (Å²) < 4.78 is 20.0. The van der Waals surface area contributed by atoms with Gasteiger partial charge in [-0.2, -0.15) is 0 Å². The van der Waals surface area contributed by atoms with Crippen molar-refractivity contribution in [3.05, 3.63) is 70.1 Å². The average Bonchev–Trinajstić information content (AvgIpc) is 2.91. The zero-order valence-corrected chi connectivity index (χ0v) is 24.0. The number of ether oxygens (including phenoxy) is 1. The number of carboxylic acid groups (broad SMARTS) is 1. The highest BCUT2D eigenvalue weighted by atomic mass is 35.5. The van der Waals surface area contributed by atoms with Crippen LogP contribution in [0.15, 0.2) is 48.5 Å². The molecule has 0 radical (unpaired) electrons. The Hall–Kier alpha value is -3.20. The van der Waals surface area contributed by atoms with Crippen molar-refractivity contribution in [3.8, 4) is 28.1 Å². The van der Waals surface area contributed by atoms with Crippen LogP contribution in [-0.4, -0.2) is 59.7 Å². The van der Waals surface area contributed by atoms with E-state index in [2.05, 4.69) is 10.2 Å². The summed E-state index contributed by atoms with van der Waals surface area (Å²) in [5.74, 6) is -1.67. The Morgan fingerprint density at radius 2 is 1.73 bits per heavy atom. The van der Waals surface area contributed by atoms with Crippen LogP contribution in [0.1, 0.15) is 49.0 Å². The van der Waals surface area contributed by atoms with Crippen LogP contribution in [-0.2, 0) is 4.79 Å². The molecule has 0 atom stereocenters. The third-order valence-electron chi connectivity index (χ3n) is 7.02. The van der Waals surface area contributed by atoms with Crippen molar-refractivity contribution < 1.29 is 23.8 Å². The summed E-state index contributed by atoms with van der Waals surface area (Å²) in [5, 5.41) is 13.3. The third-order valence-corrected chi connectivity index (χ3v) is 7.57. The van der Waals surface area contributed by atoms with Gasteiger partial charge in [-0.3, -0.25) is 4.79 Å². The predicted molar refractivity (Wildman–Crippen MR) is 155 cm³/mol. The second-order valence-electron chi connectivity index (χ2n) is 10.3. The fourth-order valence-corrected chi connectivity index (χ4v) is 5.35. The number of carboxylic acids is 1. The van der Waals surface area contributed by atoms with Gasteiger partial charge in [0.05, 0.1) is 17.3 Å². The molecule has 0 unspecified atom stereocenters. The minimum atomic E-state index is -1.34. The molecule has 1 heterocycles. The standard InChI is InChI=1S/C30H32Cl2FN3O4/c1-36(2)15-6-16-40-26-17-19(31)7-9-23(26)27-22(21-10-8-20(33)18-24(21)32)11-12-25(34-27)28(37)35-30(29(38)39)13-4-3-5-14-30/h7-12,17-18H,3-6,13-16H2,1-2H3,(H,35,37)(H,38,39). The first-order valence-electron chi connectivity index (χ1n) is 13.2. The summed E-state index contributed by atoms with van der Waals surface area (Å²) in [6.45, 7) is 1.24. The molecule has 10 heteroatoms. The first-order chi connectivity index (χ1) is 19.1. The maximum absolute atomic E-state index is 13.9. The molecule has 0 spiro atoms. The van der Waals surface area contributed by atoms with Crippen LogP contribution in [0.5, 0.6) is 5.75 Å². The van der Waals surface area contributed by atoms with E-state index in [1.165, 1.54) is 18.2 Å². The number of carbonyl (C=O) groups excluding carboxylic acids is 1. The fraction of sp³-hybridized carbons (Fsp3) is 0.367. The summed E-state index contributed by atoms with van der Waals surface area (Å²) in [7, 11) is 3.96. The van der Waals surface area contributed by atoms with Gasteiger partial charge in [0.15, 0.2) is 0 Å². The van der Waals surface area contributed by atoms with Crippen LogP contribution >= 0.6 is 23.2 Å². The lowest BCUT2D eigenvalue weighted by molar-refractivity contribution is -0.145. The molecule has 2 N–H and O–H groups in total. The highest BCUT2D eigenvalue weighted by Gasteiger charge is 2.41. The Bertz CT molecular complexity index is 1390. The van der Waals surface area contributed by atoms with Crippen molar-refractivity contribution in [1.29, 1.82) is 0 Å². The summed E-state index contributed by atoms with van der Waals surface area (Å²) >= 11 is 12.7. The van der Waals surface area contributed by atoms with Gasteiger partial charge < -0.3 is 20.1 Å². The first kappa shape index (κ1) is 29.8. The average molecular weight is 589 g/mol. The molecule has 1 amide bonds. The monoisotopic (exact) mass is 587 g/mol. The lowest BCUT2D eigenvalue weighted by Crippen LogP contribution is -2.55. The van der Waals surface area contributed by atoms with E-state index in [0.29, 0.717) is 65.4 Å². The molecule has 7 nitrogen and oxygen atoms in total. The number of benzene rings is 2. The SMILES string of the molecule is CN(C)CCCOc1cc(Cl)ccc1-c1nc(C(=O)NC2(C(=O)O)CCCCC2)ccc1-c1ccc(F)cc1Cl. The number of halogens is 3. The lowest BCUT2D eigenvalue weighted by Gasteiger charge is -2.33. The van der Waals surface area contributed by atoms with Gasteiger partial charge in [0, 0.05) is 28.3 Å². The van der Waals surface area contributed by atoms with Gasteiger partial charge in [-0.15, -0.1) is 0 Å². The van der Waals surface area contributed by atoms with Crippen LogP contribution in [0.2, 0.25) is 10.0 Å². The van der Waals surface area contributed by atoms with E-state index in [0.717, 1.165) is 19.4 Å². The number of nitrogens with zero attached hydrogens (tertiary/aromatic N) is 2. The minimum Gasteiger partial charge on any atom is -0.493 e. The molecule has 0 aliphatic heterocycles. The number of aromatic nitrogens is 1. The van der Waals surface area contributed by atoms with E-state index in [1.54, 1.807) is 30.3 Å². The van der Waals surface area contributed by atoms with Gasteiger partial charge in [0.1, 0.15) is 22.8 Å². The minimum absolute atomic E-state index is 0.0386. The summed E-state index contributed by atoms with van der Waals surface area (Å²) in [6, 6.07) is 12.4. The molecule has 3 aromatic rings. The second kappa shape index (κ2) is 13.0. The molecule has 1 saturated carbocycles. The molecule has 1 fully saturated rings. The molecule has 1 aliphatic carbocycles. The van der Waals surface area contributed by atoms with Gasteiger partial charge in [0.2, 0.25) is 0 Å². The first-order valence-corrected chi connectivity index (χ1v) is 13.9. The topological polar surface area (TPSA) is 91.8 Å². The summed E-state index contributed by atoms with van der Waals surface area (Å²) in [6.07, 6.45) is 3.83. The van der Waals surface area contributed by atoms with Crippen molar-refractivity contribution in [3.63, 3.8) is 0 Å². The van der Waals surface area contributed by atoms with Crippen LogP contribution in [0.25, 0.3) is 22.4 Å². The van der Waals surface area contributed by atoms with Crippen LogP contribution in [0, 0.1) is 5.82 Å². The molecule has 212 valence electrons. The van der Waals surface area contributed by atoms with E-state index in [-0.39, 0.29) is 10.7 Å². The molecule has 0 saturated heterocycles.